The highest BCUT2D eigenvalue weighted by atomic mass is 35.5. The molecular formula is C27H33ClN6O. The number of hydrogen-bond donors (Lipinski definition) is 3. The molecule has 3 aromatic heterocycles. The molecule has 0 bridgehead atoms. The summed E-state index contributed by atoms with van der Waals surface area (Å²) in [5, 5.41) is 8.48. The molecule has 184 valence electrons. The summed E-state index contributed by atoms with van der Waals surface area (Å²) in [6, 6.07) is 9.28. The summed E-state index contributed by atoms with van der Waals surface area (Å²) in [5.41, 5.74) is 2.94. The van der Waals surface area contributed by atoms with Crippen molar-refractivity contribution in [2.45, 2.75) is 82.0 Å². The first-order valence-electron chi connectivity index (χ1n) is 13.1. The molecule has 1 amide bonds. The molecule has 1 aliphatic heterocycles. The Labute approximate surface area is 211 Å². The van der Waals surface area contributed by atoms with Gasteiger partial charge in [0.05, 0.1) is 6.04 Å². The smallest absolute Gasteiger partial charge is 0.237 e. The van der Waals surface area contributed by atoms with Crippen molar-refractivity contribution in [3.63, 3.8) is 0 Å². The van der Waals surface area contributed by atoms with Gasteiger partial charge in [-0.3, -0.25) is 9.69 Å². The van der Waals surface area contributed by atoms with E-state index >= 15 is 0 Å². The van der Waals surface area contributed by atoms with Crippen molar-refractivity contribution >= 4 is 34.4 Å². The number of amides is 1. The summed E-state index contributed by atoms with van der Waals surface area (Å²) in [4.78, 5) is 27.5. The highest BCUT2D eigenvalue weighted by Crippen LogP contribution is 2.33. The molecular weight excluding hydrogens is 460 g/mol. The van der Waals surface area contributed by atoms with E-state index in [0.29, 0.717) is 17.2 Å². The molecule has 4 heterocycles. The van der Waals surface area contributed by atoms with Gasteiger partial charge in [-0.05, 0) is 74.8 Å². The zero-order chi connectivity index (χ0) is 23.8. The van der Waals surface area contributed by atoms with Gasteiger partial charge in [0.25, 0.3) is 0 Å². The van der Waals surface area contributed by atoms with Crippen LogP contribution in [0.25, 0.3) is 22.2 Å². The molecule has 6 rings (SSSR count). The normalized spacial score (nSPS) is 25.5. The van der Waals surface area contributed by atoms with Crippen LogP contribution in [0.1, 0.15) is 57.8 Å². The number of halogens is 1. The zero-order valence-electron chi connectivity index (χ0n) is 20.0. The van der Waals surface area contributed by atoms with E-state index in [1.165, 1.54) is 25.7 Å². The molecule has 2 saturated carbocycles. The van der Waals surface area contributed by atoms with Crippen LogP contribution in [0, 0.1) is 0 Å². The van der Waals surface area contributed by atoms with Crippen molar-refractivity contribution in [1.82, 2.24) is 25.2 Å². The monoisotopic (exact) mass is 492 g/mol. The van der Waals surface area contributed by atoms with Gasteiger partial charge in [0.1, 0.15) is 16.6 Å². The predicted octanol–water partition coefficient (Wildman–Crippen LogP) is 5.13. The summed E-state index contributed by atoms with van der Waals surface area (Å²) in [7, 11) is 0. The topological polar surface area (TPSA) is 85.9 Å². The number of fused-ring (bicyclic) bond motifs is 1. The lowest BCUT2D eigenvalue weighted by molar-refractivity contribution is -0.133. The molecule has 8 heteroatoms. The average Bonchev–Trinajstić information content (AvgIpc) is 3.49. The summed E-state index contributed by atoms with van der Waals surface area (Å²) >= 11 is 6.40. The minimum Gasteiger partial charge on any atom is -0.367 e. The Hall–Kier alpha value is -2.64. The van der Waals surface area contributed by atoms with E-state index in [-0.39, 0.29) is 18.0 Å². The molecule has 3 fully saturated rings. The maximum absolute atomic E-state index is 12.9. The summed E-state index contributed by atoms with van der Waals surface area (Å²) in [5.74, 6) is 1.04. The predicted molar refractivity (Wildman–Crippen MR) is 140 cm³/mol. The van der Waals surface area contributed by atoms with E-state index in [1.807, 2.05) is 18.3 Å². The fourth-order valence-corrected chi connectivity index (χ4v) is 6.38. The van der Waals surface area contributed by atoms with Gasteiger partial charge in [-0.1, -0.05) is 24.4 Å². The van der Waals surface area contributed by atoms with Gasteiger partial charge in [0, 0.05) is 48.0 Å². The number of aromatic amines is 1. The number of hydrogen-bond acceptors (Lipinski definition) is 5. The standard InChI is InChI=1S/C27H33ClN6O/c28-24-14-17(22-16-30-26-21(22)6-3-12-29-26)15-25(33-24)31-18-7-9-19(10-8-18)32-27(35)23-11-13-34(23)20-4-1-2-5-20/h3,6,12,14-16,18-20,23H,1-2,4-5,7-11,13H2,(H,29,30)(H,31,33)(H,32,35). The Bertz CT molecular complexity index is 1200. The third-order valence-corrected chi connectivity index (χ3v) is 8.33. The van der Waals surface area contributed by atoms with Crippen molar-refractivity contribution in [3.8, 4) is 11.1 Å². The van der Waals surface area contributed by atoms with E-state index < -0.39 is 0 Å². The first-order chi connectivity index (χ1) is 17.1. The minimum atomic E-state index is 0.0998. The van der Waals surface area contributed by atoms with Gasteiger partial charge in [-0.25, -0.2) is 9.97 Å². The van der Waals surface area contributed by atoms with Crippen LogP contribution in [0.15, 0.2) is 36.7 Å². The number of carbonyl (C=O) groups is 1. The average molecular weight is 493 g/mol. The van der Waals surface area contributed by atoms with E-state index in [0.717, 1.165) is 66.6 Å². The highest BCUT2D eigenvalue weighted by Gasteiger charge is 2.40. The number of pyridine rings is 2. The number of nitrogens with zero attached hydrogens (tertiary/aromatic N) is 3. The Kier molecular flexibility index (Phi) is 6.37. The van der Waals surface area contributed by atoms with Gasteiger partial charge < -0.3 is 15.6 Å². The molecule has 3 N–H and O–H groups in total. The minimum absolute atomic E-state index is 0.0998. The van der Waals surface area contributed by atoms with Crippen LogP contribution in [0.3, 0.4) is 0 Å². The zero-order valence-corrected chi connectivity index (χ0v) is 20.7. The second-order valence-corrected chi connectivity index (χ2v) is 10.7. The van der Waals surface area contributed by atoms with Crippen LogP contribution in [-0.4, -0.2) is 56.5 Å². The summed E-state index contributed by atoms with van der Waals surface area (Å²) in [6.45, 7) is 1.09. The highest BCUT2D eigenvalue weighted by molar-refractivity contribution is 6.29. The number of carbonyl (C=O) groups excluding carboxylic acids is 1. The van der Waals surface area contributed by atoms with Crippen molar-refractivity contribution in [1.29, 1.82) is 0 Å². The van der Waals surface area contributed by atoms with E-state index in [2.05, 4.69) is 42.6 Å². The number of H-pyrrole nitrogens is 1. The number of anilines is 1. The second kappa shape index (κ2) is 9.78. The molecule has 0 spiro atoms. The summed E-state index contributed by atoms with van der Waals surface area (Å²) in [6.07, 6.45) is 13.9. The van der Waals surface area contributed by atoms with Gasteiger partial charge in [0.2, 0.25) is 5.91 Å². The van der Waals surface area contributed by atoms with Crippen molar-refractivity contribution in [2.75, 3.05) is 11.9 Å². The van der Waals surface area contributed by atoms with Gasteiger partial charge in [-0.15, -0.1) is 0 Å². The lowest BCUT2D eigenvalue weighted by atomic mass is 9.90. The molecule has 1 saturated heterocycles. The molecule has 35 heavy (non-hydrogen) atoms. The van der Waals surface area contributed by atoms with E-state index in [9.17, 15) is 4.79 Å². The number of nitrogens with one attached hydrogen (secondary N) is 3. The van der Waals surface area contributed by atoms with Crippen LogP contribution < -0.4 is 10.6 Å². The maximum atomic E-state index is 12.9. The largest absolute Gasteiger partial charge is 0.367 e. The lowest BCUT2D eigenvalue weighted by Gasteiger charge is -2.44. The fourth-order valence-electron chi connectivity index (χ4n) is 6.17. The quantitative estimate of drug-likeness (QED) is 0.415. The van der Waals surface area contributed by atoms with E-state index in [4.69, 9.17) is 11.6 Å². The van der Waals surface area contributed by atoms with Crippen molar-refractivity contribution < 1.29 is 4.79 Å². The van der Waals surface area contributed by atoms with Crippen LogP contribution in [-0.2, 0) is 4.79 Å². The molecule has 1 atom stereocenters. The molecule has 0 radical (unpaired) electrons. The van der Waals surface area contributed by atoms with Gasteiger partial charge >= 0.3 is 0 Å². The molecule has 7 nitrogen and oxygen atoms in total. The third-order valence-electron chi connectivity index (χ3n) is 8.14. The molecule has 3 aromatic rings. The van der Waals surface area contributed by atoms with Crippen LogP contribution in [0.4, 0.5) is 5.82 Å². The Morgan fingerprint density at radius 1 is 1.06 bits per heavy atom. The van der Waals surface area contributed by atoms with Gasteiger partial charge in [0.15, 0.2) is 0 Å². The first kappa shape index (κ1) is 22.8. The number of aromatic nitrogens is 3. The fraction of sp³-hybridized carbons (Fsp3) is 0.519. The van der Waals surface area contributed by atoms with Gasteiger partial charge in [-0.2, -0.15) is 0 Å². The first-order valence-corrected chi connectivity index (χ1v) is 13.4. The molecule has 2 aliphatic carbocycles. The van der Waals surface area contributed by atoms with Crippen LogP contribution >= 0.6 is 11.6 Å². The maximum Gasteiger partial charge on any atom is 0.237 e. The SMILES string of the molecule is O=C(NC1CCC(Nc2cc(-c3c[nH]c4ncccc34)cc(Cl)n2)CC1)C1CCN1C1CCCC1. The molecule has 3 aliphatic rings. The summed E-state index contributed by atoms with van der Waals surface area (Å²) < 4.78 is 0. The van der Waals surface area contributed by atoms with Crippen molar-refractivity contribution in [2.24, 2.45) is 0 Å². The van der Waals surface area contributed by atoms with Crippen LogP contribution in [0.2, 0.25) is 5.15 Å². The molecule has 1 unspecified atom stereocenters. The Morgan fingerprint density at radius 2 is 1.86 bits per heavy atom. The molecule has 0 aromatic carbocycles. The third kappa shape index (κ3) is 4.76. The lowest BCUT2D eigenvalue weighted by Crippen LogP contribution is -2.60. The second-order valence-electron chi connectivity index (χ2n) is 10.3. The Balaban J connectivity index is 1.05. The van der Waals surface area contributed by atoms with Crippen LogP contribution in [0.5, 0.6) is 0 Å². The van der Waals surface area contributed by atoms with Crippen molar-refractivity contribution in [3.05, 3.63) is 41.8 Å². The number of rotatable bonds is 6. The number of likely N-dealkylation sites (tertiary alicyclic amines) is 1. The Morgan fingerprint density at radius 3 is 2.63 bits per heavy atom. The van der Waals surface area contributed by atoms with E-state index in [1.54, 1.807) is 6.20 Å².